The van der Waals surface area contributed by atoms with Gasteiger partial charge in [-0.3, -0.25) is 4.79 Å². The zero-order chi connectivity index (χ0) is 15.3. The van der Waals surface area contributed by atoms with Crippen molar-refractivity contribution in [2.24, 2.45) is 0 Å². The quantitative estimate of drug-likeness (QED) is 0.645. The first kappa shape index (κ1) is 16.3. The molecule has 8 heteroatoms. The van der Waals surface area contributed by atoms with E-state index >= 15 is 0 Å². The summed E-state index contributed by atoms with van der Waals surface area (Å²) >= 11 is 0. The molecular formula is C12H20N4O3S. The van der Waals surface area contributed by atoms with Crippen LogP contribution in [0.1, 0.15) is 6.92 Å². The van der Waals surface area contributed by atoms with Gasteiger partial charge in [0.2, 0.25) is 15.9 Å². The largest absolute Gasteiger partial charge is 0.397 e. The number of nitrogens with two attached hydrogens (primary N) is 1. The summed E-state index contributed by atoms with van der Waals surface area (Å²) in [6, 6.07) is 4.32. The predicted octanol–water partition coefficient (Wildman–Crippen LogP) is 0.0671. The second-order valence-corrected chi connectivity index (χ2v) is 6.10. The summed E-state index contributed by atoms with van der Waals surface area (Å²) in [4.78, 5) is 13.3. The van der Waals surface area contributed by atoms with Gasteiger partial charge >= 0.3 is 0 Å². The van der Waals surface area contributed by atoms with E-state index in [4.69, 9.17) is 5.73 Å². The Labute approximate surface area is 119 Å². The second-order valence-electron chi connectivity index (χ2n) is 4.22. The lowest BCUT2D eigenvalue weighted by atomic mass is 10.2. The van der Waals surface area contributed by atoms with Crippen LogP contribution < -0.4 is 15.8 Å². The Hall–Kier alpha value is -1.80. The van der Waals surface area contributed by atoms with Gasteiger partial charge in [0.1, 0.15) is 0 Å². The van der Waals surface area contributed by atoms with Gasteiger partial charge in [-0.05, 0) is 32.2 Å². The van der Waals surface area contributed by atoms with E-state index in [-0.39, 0.29) is 23.0 Å². The van der Waals surface area contributed by atoms with E-state index in [1.165, 1.54) is 19.2 Å². The Balaban J connectivity index is 2.82. The maximum atomic E-state index is 11.6. The summed E-state index contributed by atoms with van der Waals surface area (Å²) in [6.07, 6.45) is 0. The number of hydrogen-bond donors (Lipinski definition) is 3. The van der Waals surface area contributed by atoms with Crippen molar-refractivity contribution in [1.29, 1.82) is 0 Å². The van der Waals surface area contributed by atoms with Crippen LogP contribution in [0, 0.1) is 0 Å². The van der Waals surface area contributed by atoms with Crippen LogP contribution in [0.15, 0.2) is 23.1 Å². The molecule has 0 aromatic heterocycles. The fraction of sp³-hybridized carbons (Fsp3) is 0.417. The molecule has 0 bridgehead atoms. The number of hydrogen-bond acceptors (Lipinski definition) is 5. The van der Waals surface area contributed by atoms with Crippen molar-refractivity contribution in [3.05, 3.63) is 18.2 Å². The summed E-state index contributed by atoms with van der Waals surface area (Å²) in [5, 5.41) is 2.89. The molecule has 1 aromatic rings. The first-order chi connectivity index (χ1) is 9.31. The molecule has 0 unspecified atom stereocenters. The van der Waals surface area contributed by atoms with Crippen molar-refractivity contribution in [1.82, 2.24) is 9.62 Å². The SMILES string of the molecule is CCN(C)C(=O)CNc1ccc(S(=O)(=O)NC)cc1N. The molecule has 0 saturated heterocycles. The van der Waals surface area contributed by atoms with Gasteiger partial charge in [-0.1, -0.05) is 0 Å². The highest BCUT2D eigenvalue weighted by Gasteiger charge is 2.13. The Kier molecular flexibility index (Phi) is 5.34. The van der Waals surface area contributed by atoms with Crippen molar-refractivity contribution in [3.8, 4) is 0 Å². The summed E-state index contributed by atoms with van der Waals surface area (Å²) in [5.74, 6) is -0.0705. The number of sulfonamides is 1. The Morgan fingerprint density at radius 1 is 1.40 bits per heavy atom. The molecule has 0 saturated carbocycles. The minimum absolute atomic E-state index is 0.0705. The molecular weight excluding hydrogens is 280 g/mol. The average Bonchev–Trinajstić information content (AvgIpc) is 2.44. The monoisotopic (exact) mass is 300 g/mol. The average molecular weight is 300 g/mol. The number of carbonyl (C=O) groups is 1. The lowest BCUT2D eigenvalue weighted by molar-refractivity contribution is -0.127. The number of nitrogens with zero attached hydrogens (tertiary/aromatic N) is 1. The molecule has 112 valence electrons. The number of likely N-dealkylation sites (N-methyl/N-ethyl adjacent to an activating group) is 1. The van der Waals surface area contributed by atoms with Crippen LogP contribution in [0.2, 0.25) is 0 Å². The molecule has 20 heavy (non-hydrogen) atoms. The zero-order valence-corrected chi connectivity index (χ0v) is 12.6. The van der Waals surface area contributed by atoms with Gasteiger partial charge in [0.05, 0.1) is 22.8 Å². The Bertz CT molecular complexity index is 586. The minimum atomic E-state index is -3.52. The van der Waals surface area contributed by atoms with Crippen LogP contribution in [0.3, 0.4) is 0 Å². The molecule has 0 radical (unpaired) electrons. The maximum Gasteiger partial charge on any atom is 0.241 e. The van der Waals surface area contributed by atoms with Crippen molar-refractivity contribution >= 4 is 27.3 Å². The molecule has 0 spiro atoms. The number of carbonyl (C=O) groups excluding carboxylic acids is 1. The van der Waals surface area contributed by atoms with Gasteiger partial charge in [0, 0.05) is 13.6 Å². The number of anilines is 2. The molecule has 1 aromatic carbocycles. The van der Waals surface area contributed by atoms with Crippen LogP contribution in [0.25, 0.3) is 0 Å². The summed E-state index contributed by atoms with van der Waals surface area (Å²) in [7, 11) is -0.484. The summed E-state index contributed by atoms with van der Waals surface area (Å²) in [5.41, 5.74) is 6.59. The van der Waals surface area contributed by atoms with Gasteiger partial charge < -0.3 is 16.0 Å². The summed E-state index contributed by atoms with van der Waals surface area (Å²) < 4.78 is 25.4. The molecule has 0 aliphatic carbocycles. The van der Waals surface area contributed by atoms with Gasteiger partial charge in [0.15, 0.2) is 0 Å². The molecule has 7 nitrogen and oxygen atoms in total. The molecule has 0 atom stereocenters. The molecule has 0 aliphatic rings. The number of amides is 1. The van der Waals surface area contributed by atoms with E-state index in [0.29, 0.717) is 12.2 Å². The first-order valence-corrected chi connectivity index (χ1v) is 7.61. The van der Waals surface area contributed by atoms with E-state index in [0.717, 1.165) is 0 Å². The van der Waals surface area contributed by atoms with Crippen molar-refractivity contribution in [2.45, 2.75) is 11.8 Å². The Morgan fingerprint density at radius 3 is 2.55 bits per heavy atom. The van der Waals surface area contributed by atoms with E-state index in [2.05, 4.69) is 10.0 Å². The first-order valence-electron chi connectivity index (χ1n) is 6.12. The van der Waals surface area contributed by atoms with E-state index in [1.54, 1.807) is 18.0 Å². The molecule has 0 fully saturated rings. The summed E-state index contributed by atoms with van der Waals surface area (Å²) in [6.45, 7) is 2.60. The maximum absolute atomic E-state index is 11.6. The van der Waals surface area contributed by atoms with Gasteiger partial charge in [-0.15, -0.1) is 0 Å². The van der Waals surface area contributed by atoms with Crippen LogP contribution >= 0.6 is 0 Å². The van der Waals surface area contributed by atoms with Crippen LogP contribution in [-0.4, -0.2) is 46.4 Å². The fourth-order valence-electron chi connectivity index (χ4n) is 1.47. The van der Waals surface area contributed by atoms with Crippen molar-refractivity contribution in [3.63, 3.8) is 0 Å². The topological polar surface area (TPSA) is 105 Å². The van der Waals surface area contributed by atoms with E-state index in [9.17, 15) is 13.2 Å². The normalized spacial score (nSPS) is 11.2. The number of nitrogen functional groups attached to an aromatic ring is 1. The number of nitrogens with one attached hydrogen (secondary N) is 2. The Morgan fingerprint density at radius 2 is 2.05 bits per heavy atom. The van der Waals surface area contributed by atoms with E-state index < -0.39 is 10.0 Å². The number of rotatable bonds is 6. The molecule has 0 heterocycles. The third-order valence-corrected chi connectivity index (χ3v) is 4.34. The highest BCUT2D eigenvalue weighted by atomic mass is 32.2. The standard InChI is InChI=1S/C12H20N4O3S/c1-4-16(3)12(17)8-15-11-6-5-9(7-10(11)13)20(18,19)14-2/h5-7,14-15H,4,8,13H2,1-3H3. The third kappa shape index (κ3) is 3.84. The lowest BCUT2D eigenvalue weighted by Crippen LogP contribution is -2.32. The van der Waals surface area contributed by atoms with Crippen LogP contribution in [-0.2, 0) is 14.8 Å². The number of benzene rings is 1. The second kappa shape index (κ2) is 6.58. The lowest BCUT2D eigenvalue weighted by Gasteiger charge is -2.16. The molecule has 1 amide bonds. The van der Waals surface area contributed by atoms with Gasteiger partial charge in [-0.2, -0.15) is 0 Å². The van der Waals surface area contributed by atoms with Gasteiger partial charge in [0.25, 0.3) is 0 Å². The predicted molar refractivity (Wildman–Crippen MR) is 78.9 cm³/mol. The third-order valence-electron chi connectivity index (χ3n) is 2.93. The zero-order valence-electron chi connectivity index (χ0n) is 11.8. The van der Waals surface area contributed by atoms with Crippen LogP contribution in [0.4, 0.5) is 11.4 Å². The molecule has 1 rings (SSSR count). The van der Waals surface area contributed by atoms with Crippen molar-refractivity contribution < 1.29 is 13.2 Å². The van der Waals surface area contributed by atoms with Gasteiger partial charge in [-0.25, -0.2) is 13.1 Å². The van der Waals surface area contributed by atoms with Crippen molar-refractivity contribution in [2.75, 3.05) is 38.2 Å². The highest BCUT2D eigenvalue weighted by Crippen LogP contribution is 2.22. The molecule has 4 N–H and O–H groups in total. The smallest absolute Gasteiger partial charge is 0.241 e. The fourth-order valence-corrected chi connectivity index (χ4v) is 2.23. The van der Waals surface area contributed by atoms with Crippen LogP contribution in [0.5, 0.6) is 0 Å². The minimum Gasteiger partial charge on any atom is -0.397 e. The molecule has 0 aliphatic heterocycles. The highest BCUT2D eigenvalue weighted by molar-refractivity contribution is 7.89. The van der Waals surface area contributed by atoms with E-state index in [1.807, 2.05) is 6.92 Å².